The van der Waals surface area contributed by atoms with Crippen LogP contribution < -0.4 is 10.2 Å². The topological polar surface area (TPSA) is 41.1 Å². The molecule has 2 heterocycles. The van der Waals surface area contributed by atoms with E-state index in [0.29, 0.717) is 12.0 Å². The Morgan fingerprint density at radius 3 is 2.78 bits per heavy atom. The minimum atomic E-state index is 0.336. The molecule has 0 radical (unpaired) electrons. The molecule has 1 aromatic rings. The fourth-order valence-electron chi connectivity index (χ4n) is 2.02. The van der Waals surface area contributed by atoms with Gasteiger partial charge in [0.25, 0.3) is 0 Å². The van der Waals surface area contributed by atoms with Crippen LogP contribution in [-0.2, 0) is 0 Å². The third-order valence-corrected chi connectivity index (χ3v) is 3.34. The van der Waals surface area contributed by atoms with Gasteiger partial charge in [0.15, 0.2) is 0 Å². The van der Waals surface area contributed by atoms with Gasteiger partial charge in [0.1, 0.15) is 5.82 Å². The first-order valence-corrected chi connectivity index (χ1v) is 7.06. The first kappa shape index (κ1) is 13.3. The molecule has 0 saturated heterocycles. The Labute approximate surface area is 117 Å². The highest BCUT2D eigenvalue weighted by molar-refractivity contribution is 9.11. The van der Waals surface area contributed by atoms with Crippen LogP contribution in [0.2, 0.25) is 0 Å². The number of aryl methyl sites for hydroxylation is 1. The van der Waals surface area contributed by atoms with Crippen LogP contribution in [0, 0.1) is 6.92 Å². The number of halogens is 1. The zero-order valence-corrected chi connectivity index (χ0v) is 12.9. The molecule has 0 fully saturated rings. The third kappa shape index (κ3) is 2.66. The van der Waals surface area contributed by atoms with Gasteiger partial charge >= 0.3 is 0 Å². The predicted molar refractivity (Wildman–Crippen MR) is 80.3 cm³/mol. The Bertz CT molecular complexity index is 482. The zero-order valence-electron chi connectivity index (χ0n) is 11.3. The van der Waals surface area contributed by atoms with Crippen molar-refractivity contribution in [2.24, 2.45) is 0 Å². The van der Waals surface area contributed by atoms with Gasteiger partial charge in [0, 0.05) is 22.6 Å². The van der Waals surface area contributed by atoms with Crippen molar-refractivity contribution in [3.8, 4) is 0 Å². The maximum Gasteiger partial charge on any atom is 0.225 e. The molecule has 0 unspecified atom stereocenters. The Morgan fingerprint density at radius 1 is 1.44 bits per heavy atom. The Hall–Kier alpha value is -1.10. The van der Waals surface area contributed by atoms with Gasteiger partial charge in [-0.1, -0.05) is 15.9 Å². The molecule has 4 nitrogen and oxygen atoms in total. The number of fused-ring (bicyclic) bond motifs is 1. The summed E-state index contributed by atoms with van der Waals surface area (Å²) in [5, 5.41) is 3.27. The van der Waals surface area contributed by atoms with Crippen molar-refractivity contribution in [3.63, 3.8) is 0 Å². The summed E-state index contributed by atoms with van der Waals surface area (Å²) in [6.45, 7) is 10.2. The van der Waals surface area contributed by atoms with Gasteiger partial charge in [-0.25, -0.2) is 4.98 Å². The van der Waals surface area contributed by atoms with E-state index in [4.69, 9.17) is 0 Å². The molecule has 0 aliphatic carbocycles. The standard InChI is InChI=1S/C13H19BrN4/c1-5-18-7-10(14)6-11-9(4)16-13(15-8(2)3)17-12(11)18/h6,8H,5,7H2,1-4H3,(H,15,16,17). The van der Waals surface area contributed by atoms with Crippen LogP contribution in [0.3, 0.4) is 0 Å². The number of hydrogen-bond donors (Lipinski definition) is 1. The molecule has 5 heteroatoms. The first-order chi connectivity index (χ1) is 8.51. The van der Waals surface area contributed by atoms with Crippen molar-refractivity contribution in [2.45, 2.75) is 33.7 Å². The first-order valence-electron chi connectivity index (χ1n) is 6.27. The second-order valence-corrected chi connectivity index (χ2v) is 5.79. The fourth-order valence-corrected chi connectivity index (χ4v) is 2.55. The SMILES string of the molecule is CCN1CC(Br)=Cc2c(C)nc(NC(C)C)nc21. The van der Waals surface area contributed by atoms with E-state index in [1.807, 2.05) is 6.92 Å². The fraction of sp³-hybridized carbons (Fsp3) is 0.538. The monoisotopic (exact) mass is 310 g/mol. The second kappa shape index (κ2) is 5.26. The van der Waals surface area contributed by atoms with Crippen molar-refractivity contribution in [1.29, 1.82) is 0 Å². The minimum Gasteiger partial charge on any atom is -0.352 e. The summed E-state index contributed by atoms with van der Waals surface area (Å²) in [5.74, 6) is 1.74. The highest BCUT2D eigenvalue weighted by Crippen LogP contribution is 2.31. The summed E-state index contributed by atoms with van der Waals surface area (Å²) < 4.78 is 1.17. The molecule has 1 aromatic heterocycles. The van der Waals surface area contributed by atoms with E-state index >= 15 is 0 Å². The zero-order chi connectivity index (χ0) is 13.3. The predicted octanol–water partition coefficient (Wildman–Crippen LogP) is 3.18. The lowest BCUT2D eigenvalue weighted by molar-refractivity contribution is 0.836. The van der Waals surface area contributed by atoms with Crippen LogP contribution in [0.25, 0.3) is 6.08 Å². The van der Waals surface area contributed by atoms with Crippen LogP contribution in [0.15, 0.2) is 4.48 Å². The van der Waals surface area contributed by atoms with E-state index in [-0.39, 0.29) is 0 Å². The summed E-state index contributed by atoms with van der Waals surface area (Å²) >= 11 is 3.58. The quantitative estimate of drug-likeness (QED) is 0.931. The summed E-state index contributed by atoms with van der Waals surface area (Å²) in [4.78, 5) is 11.4. The van der Waals surface area contributed by atoms with E-state index in [1.54, 1.807) is 0 Å². The van der Waals surface area contributed by atoms with Crippen molar-refractivity contribution in [1.82, 2.24) is 9.97 Å². The molecule has 1 aliphatic rings. The Morgan fingerprint density at radius 2 is 2.17 bits per heavy atom. The second-order valence-electron chi connectivity index (χ2n) is 4.77. The van der Waals surface area contributed by atoms with Crippen LogP contribution in [0.1, 0.15) is 32.0 Å². The molecular weight excluding hydrogens is 292 g/mol. The van der Waals surface area contributed by atoms with Crippen LogP contribution in [0.5, 0.6) is 0 Å². The van der Waals surface area contributed by atoms with E-state index in [1.165, 1.54) is 4.48 Å². The highest BCUT2D eigenvalue weighted by Gasteiger charge is 2.20. The number of aromatic nitrogens is 2. The number of anilines is 2. The maximum absolute atomic E-state index is 4.64. The van der Waals surface area contributed by atoms with Crippen molar-refractivity contribution < 1.29 is 0 Å². The Balaban J connectivity index is 2.47. The van der Waals surface area contributed by atoms with Gasteiger partial charge in [-0.15, -0.1) is 0 Å². The summed E-state index contributed by atoms with van der Waals surface area (Å²) in [6, 6.07) is 0.336. The van der Waals surface area contributed by atoms with E-state index in [9.17, 15) is 0 Å². The summed E-state index contributed by atoms with van der Waals surface area (Å²) in [6.07, 6.45) is 2.12. The van der Waals surface area contributed by atoms with Crippen molar-refractivity contribution in [3.05, 3.63) is 15.7 Å². The minimum absolute atomic E-state index is 0.336. The molecule has 0 aromatic carbocycles. The van der Waals surface area contributed by atoms with Gasteiger partial charge in [-0.05, 0) is 33.8 Å². The average molecular weight is 311 g/mol. The summed E-state index contributed by atoms with van der Waals surface area (Å²) in [7, 11) is 0. The lowest BCUT2D eigenvalue weighted by Gasteiger charge is -2.28. The molecule has 0 bridgehead atoms. The molecule has 2 rings (SSSR count). The molecule has 98 valence electrons. The average Bonchev–Trinajstić information content (AvgIpc) is 2.28. The van der Waals surface area contributed by atoms with E-state index in [0.717, 1.165) is 30.2 Å². The molecular formula is C13H19BrN4. The van der Waals surface area contributed by atoms with E-state index in [2.05, 4.69) is 63.0 Å². The van der Waals surface area contributed by atoms with Gasteiger partial charge in [-0.3, -0.25) is 0 Å². The molecule has 1 aliphatic heterocycles. The van der Waals surface area contributed by atoms with E-state index < -0.39 is 0 Å². The maximum atomic E-state index is 4.64. The van der Waals surface area contributed by atoms with Crippen molar-refractivity contribution in [2.75, 3.05) is 23.3 Å². The molecule has 0 saturated carbocycles. The normalized spacial score (nSPS) is 14.6. The van der Waals surface area contributed by atoms with Crippen LogP contribution in [0.4, 0.5) is 11.8 Å². The molecule has 0 spiro atoms. The smallest absolute Gasteiger partial charge is 0.225 e. The molecule has 18 heavy (non-hydrogen) atoms. The van der Waals surface area contributed by atoms with Crippen LogP contribution in [-0.4, -0.2) is 29.1 Å². The molecule has 0 atom stereocenters. The van der Waals surface area contributed by atoms with Gasteiger partial charge < -0.3 is 10.2 Å². The van der Waals surface area contributed by atoms with Gasteiger partial charge in [-0.2, -0.15) is 4.98 Å². The summed E-state index contributed by atoms with van der Waals surface area (Å²) in [5.41, 5.74) is 2.13. The van der Waals surface area contributed by atoms with Crippen LogP contribution >= 0.6 is 15.9 Å². The molecule has 1 N–H and O–H groups in total. The number of hydrogen-bond acceptors (Lipinski definition) is 4. The molecule has 0 amide bonds. The van der Waals surface area contributed by atoms with Gasteiger partial charge in [0.2, 0.25) is 5.95 Å². The lowest BCUT2D eigenvalue weighted by atomic mass is 10.1. The lowest BCUT2D eigenvalue weighted by Crippen LogP contribution is -2.29. The van der Waals surface area contributed by atoms with Gasteiger partial charge in [0.05, 0.1) is 12.2 Å². The number of nitrogens with zero attached hydrogens (tertiary/aromatic N) is 3. The number of likely N-dealkylation sites (N-methyl/N-ethyl adjacent to an activating group) is 1. The number of nitrogens with one attached hydrogen (secondary N) is 1. The largest absolute Gasteiger partial charge is 0.352 e. The van der Waals surface area contributed by atoms with Crippen molar-refractivity contribution >= 4 is 33.8 Å². The Kier molecular flexibility index (Phi) is 3.90. The third-order valence-electron chi connectivity index (χ3n) is 2.86. The highest BCUT2D eigenvalue weighted by atomic mass is 79.9. The number of rotatable bonds is 3.